The molecule has 1 fully saturated rings. The molecule has 0 radical (unpaired) electrons. The van der Waals surface area contributed by atoms with Gasteiger partial charge < -0.3 is 5.32 Å². The Morgan fingerprint density at radius 1 is 1.47 bits per heavy atom. The van der Waals surface area contributed by atoms with Crippen LogP contribution in [0.4, 0.5) is 0 Å². The number of carbonyl (C=O) groups is 1. The van der Waals surface area contributed by atoms with Crippen molar-refractivity contribution in [2.75, 3.05) is 0 Å². The third-order valence-corrected chi connectivity index (χ3v) is 3.89. The largest absolute Gasteiger partial charge is 0.348 e. The maximum Gasteiger partial charge on any atom is 0.270 e. The molecule has 1 unspecified atom stereocenters. The first kappa shape index (κ1) is 12.6. The van der Waals surface area contributed by atoms with E-state index in [4.69, 9.17) is 0 Å². The fourth-order valence-electron chi connectivity index (χ4n) is 2.37. The lowest BCUT2D eigenvalue weighted by atomic mass is 10.00. The van der Waals surface area contributed by atoms with Crippen LogP contribution in [0.3, 0.4) is 0 Å². The van der Waals surface area contributed by atoms with Crippen LogP contribution in [0.15, 0.2) is 22.8 Å². The van der Waals surface area contributed by atoms with Crippen molar-refractivity contribution in [2.45, 2.75) is 38.6 Å². The van der Waals surface area contributed by atoms with Gasteiger partial charge in [-0.15, -0.1) is 0 Å². The minimum absolute atomic E-state index is 0.0723. The van der Waals surface area contributed by atoms with Crippen LogP contribution in [-0.2, 0) is 0 Å². The van der Waals surface area contributed by atoms with Crippen molar-refractivity contribution >= 4 is 21.8 Å². The lowest BCUT2D eigenvalue weighted by Crippen LogP contribution is -2.37. The molecule has 1 N–H and O–H groups in total. The summed E-state index contributed by atoms with van der Waals surface area (Å²) in [4.78, 5) is 16.0. The highest BCUT2D eigenvalue weighted by Crippen LogP contribution is 2.27. The summed E-state index contributed by atoms with van der Waals surface area (Å²) in [6.07, 6.45) is 6.70. The standard InChI is InChI=1S/C13H17BrN2O/c1-9(10-4-2-3-5-10)16-13(17)12-7-6-11(14)8-15-12/h6-10H,2-5H2,1H3,(H,16,17). The quantitative estimate of drug-likeness (QED) is 0.931. The van der Waals surface area contributed by atoms with Gasteiger partial charge in [-0.3, -0.25) is 4.79 Å². The second-order valence-electron chi connectivity index (χ2n) is 4.67. The van der Waals surface area contributed by atoms with E-state index in [0.29, 0.717) is 11.6 Å². The number of amides is 1. The van der Waals surface area contributed by atoms with Gasteiger partial charge in [0.05, 0.1) is 0 Å². The molecule has 1 aliphatic carbocycles. The van der Waals surface area contributed by atoms with Crippen molar-refractivity contribution in [3.63, 3.8) is 0 Å². The molecule has 1 aromatic rings. The molecule has 92 valence electrons. The van der Waals surface area contributed by atoms with Crippen LogP contribution in [0, 0.1) is 5.92 Å². The Kier molecular flexibility index (Phi) is 4.15. The Morgan fingerprint density at radius 2 is 2.18 bits per heavy atom. The van der Waals surface area contributed by atoms with Crippen molar-refractivity contribution in [1.29, 1.82) is 0 Å². The Bertz CT molecular complexity index is 385. The van der Waals surface area contributed by atoms with Gasteiger partial charge in [0.15, 0.2) is 0 Å². The van der Waals surface area contributed by atoms with E-state index in [9.17, 15) is 4.79 Å². The Labute approximate surface area is 110 Å². The second kappa shape index (κ2) is 5.63. The van der Waals surface area contributed by atoms with Gasteiger partial charge in [-0.05, 0) is 53.7 Å². The van der Waals surface area contributed by atoms with Crippen molar-refractivity contribution in [1.82, 2.24) is 10.3 Å². The molecule has 3 nitrogen and oxygen atoms in total. The number of rotatable bonds is 3. The fraction of sp³-hybridized carbons (Fsp3) is 0.538. The van der Waals surface area contributed by atoms with E-state index in [1.807, 2.05) is 6.07 Å². The number of hydrogen-bond donors (Lipinski definition) is 1. The van der Waals surface area contributed by atoms with Crippen LogP contribution in [0.5, 0.6) is 0 Å². The molecular weight excluding hydrogens is 280 g/mol. The molecule has 0 aromatic carbocycles. The molecule has 0 spiro atoms. The van der Waals surface area contributed by atoms with Crippen LogP contribution < -0.4 is 5.32 Å². The van der Waals surface area contributed by atoms with Crippen LogP contribution in [0.25, 0.3) is 0 Å². The lowest BCUT2D eigenvalue weighted by molar-refractivity contribution is 0.0922. The van der Waals surface area contributed by atoms with Crippen LogP contribution in [0.1, 0.15) is 43.1 Å². The molecule has 17 heavy (non-hydrogen) atoms. The zero-order chi connectivity index (χ0) is 12.3. The lowest BCUT2D eigenvalue weighted by Gasteiger charge is -2.20. The Morgan fingerprint density at radius 3 is 2.76 bits per heavy atom. The third kappa shape index (κ3) is 3.28. The molecule has 4 heteroatoms. The molecule has 1 saturated carbocycles. The summed E-state index contributed by atoms with van der Waals surface area (Å²) in [6.45, 7) is 2.09. The van der Waals surface area contributed by atoms with Crippen LogP contribution in [-0.4, -0.2) is 16.9 Å². The molecule has 1 atom stereocenters. The van der Waals surface area contributed by atoms with E-state index < -0.39 is 0 Å². The van der Waals surface area contributed by atoms with E-state index >= 15 is 0 Å². The summed E-state index contributed by atoms with van der Waals surface area (Å²) in [5.41, 5.74) is 0.484. The van der Waals surface area contributed by atoms with E-state index in [2.05, 4.69) is 33.2 Å². The minimum Gasteiger partial charge on any atom is -0.348 e. The van der Waals surface area contributed by atoms with Crippen molar-refractivity contribution in [3.05, 3.63) is 28.5 Å². The zero-order valence-corrected chi connectivity index (χ0v) is 11.5. The minimum atomic E-state index is -0.0723. The maximum absolute atomic E-state index is 11.9. The van der Waals surface area contributed by atoms with Gasteiger partial charge in [-0.2, -0.15) is 0 Å². The molecule has 1 heterocycles. The molecule has 0 saturated heterocycles. The number of nitrogens with zero attached hydrogens (tertiary/aromatic N) is 1. The fourth-order valence-corrected chi connectivity index (χ4v) is 2.60. The van der Waals surface area contributed by atoms with Gasteiger partial charge in [-0.1, -0.05) is 12.8 Å². The van der Waals surface area contributed by atoms with E-state index in [1.165, 1.54) is 25.7 Å². The number of halogens is 1. The molecule has 2 rings (SSSR count). The SMILES string of the molecule is CC(NC(=O)c1ccc(Br)cn1)C1CCCC1. The van der Waals surface area contributed by atoms with Gasteiger partial charge in [0.25, 0.3) is 5.91 Å². The van der Waals surface area contributed by atoms with Crippen LogP contribution >= 0.6 is 15.9 Å². The van der Waals surface area contributed by atoms with E-state index in [1.54, 1.807) is 12.3 Å². The second-order valence-corrected chi connectivity index (χ2v) is 5.58. The predicted molar refractivity (Wildman–Crippen MR) is 70.8 cm³/mol. The molecule has 0 bridgehead atoms. The highest BCUT2D eigenvalue weighted by Gasteiger charge is 2.23. The van der Waals surface area contributed by atoms with E-state index in [-0.39, 0.29) is 11.9 Å². The first-order valence-electron chi connectivity index (χ1n) is 6.09. The normalized spacial score (nSPS) is 18.0. The number of aromatic nitrogens is 1. The average molecular weight is 297 g/mol. The monoisotopic (exact) mass is 296 g/mol. The average Bonchev–Trinajstić information content (AvgIpc) is 2.83. The first-order valence-corrected chi connectivity index (χ1v) is 6.88. The van der Waals surface area contributed by atoms with Gasteiger partial charge in [0.1, 0.15) is 5.69 Å². The van der Waals surface area contributed by atoms with Crippen molar-refractivity contribution < 1.29 is 4.79 Å². The Balaban J connectivity index is 1.94. The van der Waals surface area contributed by atoms with Gasteiger partial charge in [-0.25, -0.2) is 4.98 Å². The first-order chi connectivity index (χ1) is 8.16. The Hall–Kier alpha value is -0.900. The van der Waals surface area contributed by atoms with E-state index in [0.717, 1.165) is 4.47 Å². The van der Waals surface area contributed by atoms with Crippen molar-refractivity contribution in [3.8, 4) is 0 Å². The number of nitrogens with one attached hydrogen (secondary N) is 1. The van der Waals surface area contributed by atoms with Crippen LogP contribution in [0.2, 0.25) is 0 Å². The zero-order valence-electron chi connectivity index (χ0n) is 9.95. The van der Waals surface area contributed by atoms with Gasteiger partial charge in [0, 0.05) is 16.7 Å². The smallest absolute Gasteiger partial charge is 0.270 e. The molecule has 0 aliphatic heterocycles. The molecule has 1 aliphatic rings. The summed E-state index contributed by atoms with van der Waals surface area (Å²) >= 11 is 3.31. The summed E-state index contributed by atoms with van der Waals surface area (Å²) < 4.78 is 0.887. The number of carbonyl (C=O) groups excluding carboxylic acids is 1. The molecule has 1 aromatic heterocycles. The summed E-state index contributed by atoms with van der Waals surface area (Å²) in [5.74, 6) is 0.561. The predicted octanol–water partition coefficient (Wildman–Crippen LogP) is 3.15. The maximum atomic E-state index is 11.9. The highest BCUT2D eigenvalue weighted by molar-refractivity contribution is 9.10. The molecule has 1 amide bonds. The number of hydrogen-bond acceptors (Lipinski definition) is 2. The van der Waals surface area contributed by atoms with Gasteiger partial charge in [0.2, 0.25) is 0 Å². The summed E-state index contributed by atoms with van der Waals surface area (Å²) in [5, 5.41) is 3.04. The third-order valence-electron chi connectivity index (χ3n) is 3.43. The summed E-state index contributed by atoms with van der Waals surface area (Å²) in [7, 11) is 0. The highest BCUT2D eigenvalue weighted by atomic mass is 79.9. The number of pyridine rings is 1. The van der Waals surface area contributed by atoms with Gasteiger partial charge >= 0.3 is 0 Å². The topological polar surface area (TPSA) is 42.0 Å². The van der Waals surface area contributed by atoms with Crippen molar-refractivity contribution in [2.24, 2.45) is 5.92 Å². The molecular formula is C13H17BrN2O. The summed E-state index contributed by atoms with van der Waals surface area (Å²) in [6, 6.07) is 3.82.